The SMILES string of the molecule is CCc1ncnc(N2CCC3C(CCCN3C)C2)c1F. The van der Waals surface area contributed by atoms with Crippen LogP contribution in [0.4, 0.5) is 10.2 Å². The summed E-state index contributed by atoms with van der Waals surface area (Å²) in [6.07, 6.45) is 5.71. The van der Waals surface area contributed by atoms with Gasteiger partial charge in [0.15, 0.2) is 11.6 Å². The van der Waals surface area contributed by atoms with Crippen LogP contribution in [0.1, 0.15) is 31.9 Å². The summed E-state index contributed by atoms with van der Waals surface area (Å²) >= 11 is 0. The predicted molar refractivity (Wildman–Crippen MR) is 77.3 cm³/mol. The minimum Gasteiger partial charge on any atom is -0.354 e. The summed E-state index contributed by atoms with van der Waals surface area (Å²) < 4.78 is 14.4. The van der Waals surface area contributed by atoms with E-state index in [9.17, 15) is 4.39 Å². The van der Waals surface area contributed by atoms with Crippen LogP contribution >= 0.6 is 0 Å². The van der Waals surface area contributed by atoms with Gasteiger partial charge in [-0.3, -0.25) is 0 Å². The second-order valence-electron chi connectivity index (χ2n) is 6.00. The molecule has 20 heavy (non-hydrogen) atoms. The lowest BCUT2D eigenvalue weighted by Crippen LogP contribution is -2.53. The molecule has 2 atom stereocenters. The molecule has 0 amide bonds. The van der Waals surface area contributed by atoms with Gasteiger partial charge in [0.2, 0.25) is 0 Å². The minimum absolute atomic E-state index is 0.224. The highest BCUT2D eigenvalue weighted by Crippen LogP contribution is 2.32. The van der Waals surface area contributed by atoms with E-state index in [0.29, 0.717) is 29.9 Å². The van der Waals surface area contributed by atoms with Crippen molar-refractivity contribution in [2.24, 2.45) is 5.92 Å². The summed E-state index contributed by atoms with van der Waals surface area (Å²) in [7, 11) is 2.22. The zero-order chi connectivity index (χ0) is 14.1. The van der Waals surface area contributed by atoms with Crippen LogP contribution in [0.5, 0.6) is 0 Å². The number of aryl methyl sites for hydroxylation is 1. The molecule has 0 aromatic carbocycles. The van der Waals surface area contributed by atoms with Crippen LogP contribution in [0, 0.1) is 11.7 Å². The topological polar surface area (TPSA) is 32.3 Å². The lowest BCUT2D eigenvalue weighted by atomic mass is 9.84. The monoisotopic (exact) mass is 278 g/mol. The first-order valence-corrected chi connectivity index (χ1v) is 7.65. The molecule has 1 aromatic rings. The van der Waals surface area contributed by atoms with Crippen molar-refractivity contribution in [1.29, 1.82) is 0 Å². The van der Waals surface area contributed by atoms with Crippen molar-refractivity contribution < 1.29 is 4.39 Å². The van der Waals surface area contributed by atoms with Gasteiger partial charge in [-0.15, -0.1) is 0 Å². The molecule has 2 aliphatic heterocycles. The maximum absolute atomic E-state index is 14.4. The van der Waals surface area contributed by atoms with Gasteiger partial charge in [-0.25, -0.2) is 14.4 Å². The Hall–Kier alpha value is -1.23. The largest absolute Gasteiger partial charge is 0.354 e. The van der Waals surface area contributed by atoms with Crippen LogP contribution in [0.2, 0.25) is 0 Å². The quantitative estimate of drug-likeness (QED) is 0.829. The predicted octanol–water partition coefficient (Wildman–Crippen LogP) is 2.10. The first-order valence-electron chi connectivity index (χ1n) is 7.65. The van der Waals surface area contributed by atoms with Crippen molar-refractivity contribution in [3.05, 3.63) is 17.8 Å². The number of rotatable bonds is 2. The lowest BCUT2D eigenvalue weighted by Gasteiger charge is -2.46. The fourth-order valence-corrected chi connectivity index (χ4v) is 3.71. The molecule has 2 saturated heterocycles. The number of halogens is 1. The molecule has 0 radical (unpaired) electrons. The average molecular weight is 278 g/mol. The lowest BCUT2D eigenvalue weighted by molar-refractivity contribution is 0.102. The van der Waals surface area contributed by atoms with Gasteiger partial charge in [0, 0.05) is 19.1 Å². The van der Waals surface area contributed by atoms with Crippen LogP contribution in [0.3, 0.4) is 0 Å². The normalized spacial score (nSPS) is 27.4. The van der Waals surface area contributed by atoms with Crippen molar-refractivity contribution in [3.63, 3.8) is 0 Å². The second kappa shape index (κ2) is 5.64. The van der Waals surface area contributed by atoms with E-state index < -0.39 is 0 Å². The fraction of sp³-hybridized carbons (Fsp3) is 0.733. The molecule has 0 aliphatic carbocycles. The molecular weight excluding hydrogens is 255 g/mol. The van der Waals surface area contributed by atoms with Gasteiger partial charge in [-0.2, -0.15) is 0 Å². The molecule has 4 nitrogen and oxygen atoms in total. The third-order valence-electron chi connectivity index (χ3n) is 4.82. The number of hydrogen-bond acceptors (Lipinski definition) is 4. The molecule has 0 N–H and O–H groups in total. The van der Waals surface area contributed by atoms with Gasteiger partial charge < -0.3 is 9.80 Å². The van der Waals surface area contributed by atoms with Crippen molar-refractivity contribution in [3.8, 4) is 0 Å². The van der Waals surface area contributed by atoms with Crippen LogP contribution in [-0.2, 0) is 6.42 Å². The molecule has 2 fully saturated rings. The molecule has 0 bridgehead atoms. The standard InChI is InChI=1S/C15H23FN4/c1-3-12-14(16)15(18-10-17-12)20-8-6-13-11(9-20)5-4-7-19(13)2/h10-11,13H,3-9H2,1-2H3. The Bertz CT molecular complexity index is 479. The summed E-state index contributed by atoms with van der Waals surface area (Å²) in [4.78, 5) is 12.8. The van der Waals surface area contributed by atoms with E-state index >= 15 is 0 Å². The van der Waals surface area contributed by atoms with Crippen LogP contribution in [0.15, 0.2) is 6.33 Å². The second-order valence-corrected chi connectivity index (χ2v) is 6.00. The number of hydrogen-bond donors (Lipinski definition) is 0. The first-order chi connectivity index (χ1) is 9.70. The van der Waals surface area contributed by atoms with E-state index in [1.807, 2.05) is 6.92 Å². The van der Waals surface area contributed by atoms with Crippen molar-refractivity contribution in [2.75, 3.05) is 31.6 Å². The number of piperidine rings is 2. The van der Waals surface area contributed by atoms with Crippen molar-refractivity contribution in [2.45, 2.75) is 38.6 Å². The van der Waals surface area contributed by atoms with E-state index in [1.165, 1.54) is 25.7 Å². The summed E-state index contributed by atoms with van der Waals surface area (Å²) in [5.74, 6) is 0.920. The summed E-state index contributed by atoms with van der Waals surface area (Å²) in [6, 6.07) is 0.663. The zero-order valence-corrected chi connectivity index (χ0v) is 12.3. The molecule has 0 saturated carbocycles. The number of nitrogens with zero attached hydrogens (tertiary/aromatic N) is 4. The summed E-state index contributed by atoms with van der Waals surface area (Å²) in [6.45, 7) is 4.94. The molecular formula is C15H23FN4. The Morgan fingerprint density at radius 2 is 2.15 bits per heavy atom. The van der Waals surface area contributed by atoms with E-state index in [1.54, 1.807) is 0 Å². The molecule has 5 heteroatoms. The number of likely N-dealkylation sites (tertiary alicyclic amines) is 1. The Morgan fingerprint density at radius 3 is 2.95 bits per heavy atom. The van der Waals surface area contributed by atoms with E-state index in [-0.39, 0.29) is 5.82 Å². The van der Waals surface area contributed by atoms with Gasteiger partial charge in [0.1, 0.15) is 6.33 Å². The van der Waals surface area contributed by atoms with E-state index in [0.717, 1.165) is 19.5 Å². The maximum atomic E-state index is 14.4. The Labute approximate surface area is 120 Å². The summed E-state index contributed by atoms with van der Waals surface area (Å²) in [5.41, 5.74) is 0.526. The summed E-state index contributed by atoms with van der Waals surface area (Å²) in [5, 5.41) is 0. The smallest absolute Gasteiger partial charge is 0.187 e. The number of fused-ring (bicyclic) bond motifs is 1. The zero-order valence-electron chi connectivity index (χ0n) is 12.3. The molecule has 3 rings (SSSR count). The Balaban J connectivity index is 1.79. The van der Waals surface area contributed by atoms with Crippen molar-refractivity contribution in [1.82, 2.24) is 14.9 Å². The van der Waals surface area contributed by atoms with Crippen LogP contribution in [-0.4, -0.2) is 47.6 Å². The molecule has 0 spiro atoms. The van der Waals surface area contributed by atoms with Gasteiger partial charge in [0.25, 0.3) is 0 Å². The van der Waals surface area contributed by atoms with Crippen molar-refractivity contribution >= 4 is 5.82 Å². The molecule has 2 unspecified atom stereocenters. The van der Waals surface area contributed by atoms with Gasteiger partial charge in [0.05, 0.1) is 5.69 Å². The first kappa shape index (κ1) is 13.7. The van der Waals surface area contributed by atoms with Gasteiger partial charge in [-0.1, -0.05) is 6.92 Å². The third-order valence-corrected chi connectivity index (χ3v) is 4.82. The Morgan fingerprint density at radius 1 is 1.30 bits per heavy atom. The highest BCUT2D eigenvalue weighted by atomic mass is 19.1. The van der Waals surface area contributed by atoms with Crippen LogP contribution < -0.4 is 4.90 Å². The number of aromatic nitrogens is 2. The molecule has 3 heterocycles. The van der Waals surface area contributed by atoms with E-state index in [2.05, 4.69) is 26.8 Å². The highest BCUT2D eigenvalue weighted by Gasteiger charge is 2.35. The third kappa shape index (κ3) is 2.39. The minimum atomic E-state index is -0.224. The average Bonchev–Trinajstić information content (AvgIpc) is 2.47. The Kier molecular flexibility index (Phi) is 3.87. The molecule has 2 aliphatic rings. The molecule has 110 valence electrons. The highest BCUT2D eigenvalue weighted by molar-refractivity contribution is 5.41. The van der Waals surface area contributed by atoms with Crippen LogP contribution in [0.25, 0.3) is 0 Å². The molecule has 1 aromatic heterocycles. The van der Waals surface area contributed by atoms with E-state index in [4.69, 9.17) is 0 Å². The fourth-order valence-electron chi connectivity index (χ4n) is 3.71. The number of anilines is 1. The van der Waals surface area contributed by atoms with Gasteiger partial charge >= 0.3 is 0 Å². The van der Waals surface area contributed by atoms with Gasteiger partial charge in [-0.05, 0) is 45.2 Å². The maximum Gasteiger partial charge on any atom is 0.187 e.